The summed E-state index contributed by atoms with van der Waals surface area (Å²) in [6.07, 6.45) is 2.35. The van der Waals surface area contributed by atoms with Crippen molar-refractivity contribution in [1.82, 2.24) is 0 Å². The molecule has 0 aromatic heterocycles. The Morgan fingerprint density at radius 2 is 2.00 bits per heavy atom. The molecular weight excluding hydrogens is 314 g/mol. The van der Waals surface area contributed by atoms with E-state index in [1.165, 1.54) is 23.8 Å². The molecule has 2 aliphatic rings. The van der Waals surface area contributed by atoms with Crippen molar-refractivity contribution in [3.63, 3.8) is 0 Å². The van der Waals surface area contributed by atoms with Gasteiger partial charge in [-0.1, -0.05) is 29.8 Å². The molecule has 2 aromatic rings. The lowest BCUT2D eigenvalue weighted by molar-refractivity contribution is -0.0381. The molecule has 0 aliphatic carbocycles. The van der Waals surface area contributed by atoms with Crippen molar-refractivity contribution in [2.45, 2.75) is 31.9 Å². The average Bonchev–Trinajstić information content (AvgIpc) is 2.67. The van der Waals surface area contributed by atoms with E-state index in [0.717, 1.165) is 25.1 Å². The molecule has 2 aromatic carbocycles. The second-order valence-electron chi connectivity index (χ2n) is 6.92. The molecule has 4 heteroatoms. The molecule has 4 rings (SSSR count). The molecule has 0 spiro atoms. The zero-order chi connectivity index (χ0) is 17.4. The van der Waals surface area contributed by atoms with Gasteiger partial charge in [-0.15, -0.1) is 0 Å². The van der Waals surface area contributed by atoms with E-state index in [2.05, 4.69) is 30.4 Å². The van der Waals surface area contributed by atoms with Crippen LogP contribution in [0.3, 0.4) is 0 Å². The Balaban J connectivity index is 1.69. The summed E-state index contributed by atoms with van der Waals surface area (Å²) >= 11 is 0. The van der Waals surface area contributed by atoms with E-state index in [9.17, 15) is 4.79 Å². The first kappa shape index (κ1) is 16.2. The van der Waals surface area contributed by atoms with E-state index in [-0.39, 0.29) is 18.1 Å². The molecule has 1 N–H and O–H groups in total. The van der Waals surface area contributed by atoms with Crippen LogP contribution >= 0.6 is 0 Å². The fourth-order valence-electron chi connectivity index (χ4n) is 4.06. The molecular formula is C21H23NO3. The molecule has 130 valence electrons. The summed E-state index contributed by atoms with van der Waals surface area (Å²) < 4.78 is 11.0. The molecule has 0 bridgehead atoms. The Kier molecular flexibility index (Phi) is 4.22. The zero-order valence-corrected chi connectivity index (χ0v) is 14.6. The standard InChI is InChI=1S/C21H23NO3/c1-13-5-10-18-17(12-13)20-16(4-3-11-25-20)19(22-18)14-6-8-15(9-7-14)21(23)24-2/h5-10,12,16,19-20,22H,3-4,11H2,1-2H3/t16-,19-,20-/m0/s1. The fourth-order valence-corrected chi connectivity index (χ4v) is 4.06. The molecule has 0 unspecified atom stereocenters. The molecule has 1 saturated heterocycles. The van der Waals surface area contributed by atoms with Gasteiger partial charge in [0.05, 0.1) is 24.8 Å². The highest BCUT2D eigenvalue weighted by molar-refractivity contribution is 5.89. The minimum absolute atomic E-state index is 0.134. The van der Waals surface area contributed by atoms with Crippen LogP contribution in [0.2, 0.25) is 0 Å². The van der Waals surface area contributed by atoms with Gasteiger partial charge < -0.3 is 14.8 Å². The minimum Gasteiger partial charge on any atom is -0.465 e. The second-order valence-corrected chi connectivity index (χ2v) is 6.92. The van der Waals surface area contributed by atoms with Crippen LogP contribution in [-0.4, -0.2) is 19.7 Å². The van der Waals surface area contributed by atoms with Crippen molar-refractivity contribution in [2.24, 2.45) is 5.92 Å². The highest BCUT2D eigenvalue weighted by atomic mass is 16.5. The number of rotatable bonds is 2. The van der Waals surface area contributed by atoms with Gasteiger partial charge in [0, 0.05) is 23.8 Å². The number of ether oxygens (including phenoxy) is 2. The molecule has 0 radical (unpaired) electrons. The topological polar surface area (TPSA) is 47.6 Å². The number of nitrogens with one attached hydrogen (secondary N) is 1. The number of benzene rings is 2. The van der Waals surface area contributed by atoms with Gasteiger partial charge in [-0.25, -0.2) is 4.79 Å². The highest BCUT2D eigenvalue weighted by Crippen LogP contribution is 2.49. The number of hydrogen-bond donors (Lipinski definition) is 1. The van der Waals surface area contributed by atoms with Gasteiger partial charge in [-0.2, -0.15) is 0 Å². The Morgan fingerprint density at radius 3 is 2.76 bits per heavy atom. The molecule has 1 fully saturated rings. The van der Waals surface area contributed by atoms with E-state index in [0.29, 0.717) is 11.5 Å². The lowest BCUT2D eigenvalue weighted by Gasteiger charge is -2.43. The van der Waals surface area contributed by atoms with Crippen molar-refractivity contribution >= 4 is 11.7 Å². The van der Waals surface area contributed by atoms with Gasteiger partial charge in [0.1, 0.15) is 0 Å². The summed E-state index contributed by atoms with van der Waals surface area (Å²) in [5.74, 6) is 0.0925. The molecule has 2 heterocycles. The number of methoxy groups -OCH3 is 1. The van der Waals surface area contributed by atoms with Crippen LogP contribution < -0.4 is 5.32 Å². The third-order valence-electron chi connectivity index (χ3n) is 5.31. The van der Waals surface area contributed by atoms with Crippen LogP contribution in [0.5, 0.6) is 0 Å². The SMILES string of the molecule is COC(=O)c1ccc([C@@H]2Nc3ccc(C)cc3[C@H]3OCCC[C@H]32)cc1. The van der Waals surface area contributed by atoms with Gasteiger partial charge in [0.15, 0.2) is 0 Å². The smallest absolute Gasteiger partial charge is 0.337 e. The number of carbonyl (C=O) groups is 1. The summed E-state index contributed by atoms with van der Waals surface area (Å²) in [7, 11) is 1.40. The lowest BCUT2D eigenvalue weighted by Crippen LogP contribution is -2.36. The van der Waals surface area contributed by atoms with Crippen LogP contribution in [0.1, 0.15) is 52.0 Å². The lowest BCUT2D eigenvalue weighted by atomic mass is 9.77. The second kappa shape index (κ2) is 6.52. The van der Waals surface area contributed by atoms with Crippen LogP contribution in [0, 0.1) is 12.8 Å². The van der Waals surface area contributed by atoms with Gasteiger partial charge in [0.25, 0.3) is 0 Å². The normalized spacial score (nSPS) is 24.6. The van der Waals surface area contributed by atoms with Crippen LogP contribution in [0.25, 0.3) is 0 Å². The van der Waals surface area contributed by atoms with Crippen molar-refractivity contribution in [3.05, 3.63) is 64.7 Å². The number of fused-ring (bicyclic) bond motifs is 3. The molecule has 4 nitrogen and oxygen atoms in total. The Hall–Kier alpha value is -2.33. The predicted molar refractivity (Wildman–Crippen MR) is 96.7 cm³/mol. The first-order valence-corrected chi connectivity index (χ1v) is 8.84. The van der Waals surface area contributed by atoms with E-state index >= 15 is 0 Å². The number of aryl methyl sites for hydroxylation is 1. The molecule has 25 heavy (non-hydrogen) atoms. The van der Waals surface area contributed by atoms with Crippen molar-refractivity contribution < 1.29 is 14.3 Å². The molecule has 0 saturated carbocycles. The van der Waals surface area contributed by atoms with Gasteiger partial charge in [0.2, 0.25) is 0 Å². The van der Waals surface area contributed by atoms with Crippen molar-refractivity contribution in [3.8, 4) is 0 Å². The highest BCUT2D eigenvalue weighted by Gasteiger charge is 2.39. The largest absolute Gasteiger partial charge is 0.465 e. The monoisotopic (exact) mass is 337 g/mol. The van der Waals surface area contributed by atoms with Gasteiger partial charge in [-0.3, -0.25) is 0 Å². The van der Waals surface area contributed by atoms with E-state index in [1.54, 1.807) is 0 Å². The Labute approximate surface area is 148 Å². The first-order chi connectivity index (χ1) is 12.2. The summed E-state index contributed by atoms with van der Waals surface area (Å²) in [6, 6.07) is 14.4. The number of carbonyl (C=O) groups excluding carboxylic acids is 1. The van der Waals surface area contributed by atoms with Crippen molar-refractivity contribution in [2.75, 3.05) is 19.0 Å². The predicted octanol–water partition coefficient (Wildman–Crippen LogP) is 4.42. The Bertz CT molecular complexity index is 784. The summed E-state index contributed by atoms with van der Waals surface area (Å²) in [4.78, 5) is 11.7. The van der Waals surface area contributed by atoms with E-state index < -0.39 is 0 Å². The maximum absolute atomic E-state index is 11.7. The van der Waals surface area contributed by atoms with Crippen LogP contribution in [0.4, 0.5) is 5.69 Å². The zero-order valence-electron chi connectivity index (χ0n) is 14.6. The molecule has 2 aliphatic heterocycles. The third-order valence-corrected chi connectivity index (χ3v) is 5.31. The fraction of sp³-hybridized carbons (Fsp3) is 0.381. The number of anilines is 1. The van der Waals surface area contributed by atoms with E-state index in [1.807, 2.05) is 24.3 Å². The van der Waals surface area contributed by atoms with Crippen molar-refractivity contribution in [1.29, 1.82) is 0 Å². The third kappa shape index (κ3) is 2.91. The maximum atomic E-state index is 11.7. The van der Waals surface area contributed by atoms with Gasteiger partial charge >= 0.3 is 5.97 Å². The summed E-state index contributed by atoms with van der Waals surface area (Å²) in [5.41, 5.74) is 5.44. The average molecular weight is 337 g/mol. The number of esters is 1. The van der Waals surface area contributed by atoms with Crippen LogP contribution in [-0.2, 0) is 9.47 Å². The summed E-state index contributed by atoms with van der Waals surface area (Å²) in [5, 5.41) is 3.71. The first-order valence-electron chi connectivity index (χ1n) is 8.84. The maximum Gasteiger partial charge on any atom is 0.337 e. The minimum atomic E-state index is -0.303. The van der Waals surface area contributed by atoms with Gasteiger partial charge in [-0.05, 0) is 43.5 Å². The quantitative estimate of drug-likeness (QED) is 0.824. The van der Waals surface area contributed by atoms with E-state index in [4.69, 9.17) is 9.47 Å². The summed E-state index contributed by atoms with van der Waals surface area (Å²) in [6.45, 7) is 2.94. The molecule has 3 atom stereocenters. The Morgan fingerprint density at radius 1 is 1.20 bits per heavy atom. The van der Waals surface area contributed by atoms with Crippen LogP contribution in [0.15, 0.2) is 42.5 Å². The molecule has 0 amide bonds. The number of hydrogen-bond acceptors (Lipinski definition) is 4.